The van der Waals surface area contributed by atoms with Crippen LogP contribution in [0.25, 0.3) is 5.14 Å². The molecular weight excluding hydrogens is 232 g/mol. The molecular formula is C8H20N2O5Si. The number of diazo groups is 1. The minimum absolute atomic E-state index is 0.548. The van der Waals surface area contributed by atoms with Crippen LogP contribution in [0.4, 0.5) is 0 Å². The van der Waals surface area contributed by atoms with Crippen molar-refractivity contribution in [3.63, 3.8) is 0 Å². The van der Waals surface area contributed by atoms with Crippen LogP contribution in [0.2, 0.25) is 0 Å². The molecule has 7 nitrogen and oxygen atoms in total. The zero-order valence-corrected chi connectivity index (χ0v) is 11.3. The van der Waals surface area contributed by atoms with Crippen molar-refractivity contribution in [2.24, 2.45) is 0 Å². The molecule has 0 saturated heterocycles. The van der Waals surface area contributed by atoms with E-state index in [0.29, 0.717) is 26.4 Å². The van der Waals surface area contributed by atoms with Crippen molar-refractivity contribution in [1.29, 1.82) is 5.39 Å². The summed E-state index contributed by atoms with van der Waals surface area (Å²) < 4.78 is 21.7. The van der Waals surface area contributed by atoms with Gasteiger partial charge in [0.05, 0.1) is 0 Å². The Hall–Kier alpha value is -0.723. The van der Waals surface area contributed by atoms with Gasteiger partial charge in [-0.3, -0.25) is 0 Å². The lowest BCUT2D eigenvalue weighted by Crippen LogP contribution is -2.49. The lowest BCUT2D eigenvalue weighted by atomic mass is 10.9. The lowest BCUT2D eigenvalue weighted by Gasteiger charge is -2.26. The Morgan fingerprint density at radius 1 is 0.875 bits per heavy atom. The van der Waals surface area contributed by atoms with Gasteiger partial charge in [0.15, 0.2) is 0 Å². The van der Waals surface area contributed by atoms with E-state index in [1.165, 1.54) is 5.14 Å². The largest absolute Gasteiger partial charge is 0.679 e. The fourth-order valence-corrected chi connectivity index (χ4v) is 2.87. The number of rotatable bonds is 8. The Morgan fingerprint density at radius 2 is 1.06 bits per heavy atom. The highest BCUT2D eigenvalue weighted by Crippen LogP contribution is 2.11. The maximum absolute atomic E-state index is 8.11. The van der Waals surface area contributed by atoms with E-state index in [4.69, 9.17) is 28.3 Å². The summed E-state index contributed by atoms with van der Waals surface area (Å²) in [6.45, 7) is 9.80. The van der Waals surface area contributed by atoms with Gasteiger partial charge in [0.25, 0.3) is 0 Å². The van der Waals surface area contributed by atoms with Crippen LogP contribution in [0.5, 0.6) is 0 Å². The van der Waals surface area contributed by atoms with Crippen molar-refractivity contribution in [3.8, 4) is 0 Å². The summed E-state index contributed by atoms with van der Waals surface area (Å²) in [4.78, 5) is 0. The number of hydrogen-bond donors (Lipinski definition) is 0. The smallest absolute Gasteiger partial charge is 0.463 e. The van der Waals surface area contributed by atoms with Gasteiger partial charge in [-0.15, -0.1) is 0 Å². The molecule has 0 aromatic heterocycles. The van der Waals surface area contributed by atoms with Gasteiger partial charge in [-0.2, -0.15) is 0 Å². The first-order valence-electron chi connectivity index (χ1n) is 5.18. The summed E-state index contributed by atoms with van der Waals surface area (Å²) in [5, 5.41) is 16.0. The van der Waals surface area contributed by atoms with Crippen LogP contribution in [0.1, 0.15) is 27.7 Å². The van der Waals surface area contributed by atoms with Gasteiger partial charge < -0.3 is 22.9 Å². The molecule has 96 valence electrons. The fourth-order valence-electron chi connectivity index (χ4n) is 0.957. The SMILES string of the molecule is CCO[Si](OCC)(OCC)OCC.N#[N+][O-]. The first-order valence-corrected chi connectivity index (χ1v) is 6.82. The van der Waals surface area contributed by atoms with Gasteiger partial charge in [-0.25, -0.2) is 0 Å². The highest BCUT2D eigenvalue weighted by molar-refractivity contribution is 6.53. The molecule has 0 N–H and O–H groups in total. The zero-order chi connectivity index (χ0) is 12.9. The van der Waals surface area contributed by atoms with Crippen LogP contribution in [-0.4, -0.2) is 35.5 Å². The second-order valence-corrected chi connectivity index (χ2v) is 4.47. The van der Waals surface area contributed by atoms with Gasteiger partial charge in [-0.1, -0.05) is 0 Å². The van der Waals surface area contributed by atoms with Crippen molar-refractivity contribution in [3.05, 3.63) is 10.3 Å². The van der Waals surface area contributed by atoms with Crippen LogP contribution < -0.4 is 0 Å². The third kappa shape index (κ3) is 8.57. The normalized spacial score (nSPS) is 10.2. The predicted octanol–water partition coefficient (Wildman–Crippen LogP) is 1.91. The molecule has 0 amide bonds. The minimum Gasteiger partial charge on any atom is -0.463 e. The second-order valence-electron chi connectivity index (χ2n) is 2.31. The summed E-state index contributed by atoms with van der Waals surface area (Å²) in [6, 6.07) is 0. The maximum Gasteiger partial charge on any atom is 0.679 e. The standard InChI is InChI=1S/C8H20O4Si.N2O/c1-5-9-13(10-6-2,11-7-3)12-8-4;1-2-3/h5-8H2,1-4H3;. The molecule has 0 saturated carbocycles. The molecule has 0 aliphatic heterocycles. The van der Waals surface area contributed by atoms with E-state index in [9.17, 15) is 0 Å². The molecule has 0 unspecified atom stereocenters. The summed E-state index contributed by atoms with van der Waals surface area (Å²) in [5.41, 5.74) is 0. The molecule has 16 heavy (non-hydrogen) atoms. The fraction of sp³-hybridized carbons (Fsp3) is 1.00. The quantitative estimate of drug-likeness (QED) is 0.372. The topological polar surface area (TPSA) is 88.1 Å². The van der Waals surface area contributed by atoms with Crippen molar-refractivity contribution in [1.82, 2.24) is 0 Å². The number of nitrogens with zero attached hydrogens (tertiary/aromatic N) is 2. The number of hydrogen-bond acceptors (Lipinski definition) is 6. The van der Waals surface area contributed by atoms with Crippen LogP contribution in [0.15, 0.2) is 0 Å². The minimum atomic E-state index is -2.80. The monoisotopic (exact) mass is 252 g/mol. The van der Waals surface area contributed by atoms with Crippen LogP contribution in [0, 0.1) is 10.6 Å². The highest BCUT2D eigenvalue weighted by Gasteiger charge is 2.44. The molecule has 0 radical (unpaired) electrons. The molecule has 0 aromatic carbocycles. The van der Waals surface area contributed by atoms with Crippen molar-refractivity contribution < 1.29 is 17.7 Å². The van der Waals surface area contributed by atoms with Gasteiger partial charge in [0.2, 0.25) is 10.5 Å². The van der Waals surface area contributed by atoms with E-state index in [1.54, 1.807) is 0 Å². The zero-order valence-electron chi connectivity index (χ0n) is 10.3. The van der Waals surface area contributed by atoms with Crippen LogP contribution in [0.3, 0.4) is 0 Å². The van der Waals surface area contributed by atoms with Gasteiger partial charge in [0, 0.05) is 26.4 Å². The molecule has 0 aliphatic carbocycles. The first-order chi connectivity index (χ1) is 7.66. The molecule has 0 aromatic rings. The molecule has 0 spiro atoms. The molecule has 0 bridgehead atoms. The van der Waals surface area contributed by atoms with E-state index in [1.807, 2.05) is 27.7 Å². The van der Waals surface area contributed by atoms with Gasteiger partial charge in [0.1, 0.15) is 0 Å². The van der Waals surface area contributed by atoms with E-state index >= 15 is 0 Å². The maximum atomic E-state index is 8.11. The van der Waals surface area contributed by atoms with Crippen molar-refractivity contribution in [2.75, 3.05) is 26.4 Å². The molecule has 0 rings (SSSR count). The highest BCUT2D eigenvalue weighted by atomic mass is 28.4. The van der Waals surface area contributed by atoms with Crippen molar-refractivity contribution in [2.45, 2.75) is 27.7 Å². The van der Waals surface area contributed by atoms with E-state index in [-0.39, 0.29) is 0 Å². The Kier molecular flexibility index (Phi) is 13.6. The summed E-state index contributed by atoms with van der Waals surface area (Å²) >= 11 is 0. The van der Waals surface area contributed by atoms with E-state index in [0.717, 1.165) is 0 Å². The second kappa shape index (κ2) is 12.3. The average Bonchev–Trinajstić information content (AvgIpc) is 2.20. The molecule has 0 aliphatic rings. The van der Waals surface area contributed by atoms with Crippen LogP contribution >= 0.6 is 0 Å². The van der Waals surface area contributed by atoms with Crippen LogP contribution in [-0.2, 0) is 17.7 Å². The summed E-state index contributed by atoms with van der Waals surface area (Å²) in [6.07, 6.45) is 0. The Morgan fingerprint density at radius 3 is 1.19 bits per heavy atom. The average molecular weight is 252 g/mol. The Labute approximate surface area is 97.3 Å². The summed E-state index contributed by atoms with van der Waals surface area (Å²) in [5.74, 6) is 0. The molecule has 8 heteroatoms. The third-order valence-corrected chi connectivity index (χ3v) is 3.85. The Bertz CT molecular complexity index is 158. The Balaban J connectivity index is 0. The first kappa shape index (κ1) is 17.7. The molecule has 0 fully saturated rings. The predicted molar refractivity (Wildman–Crippen MR) is 60.7 cm³/mol. The van der Waals surface area contributed by atoms with Crippen molar-refractivity contribution >= 4 is 9.05 Å². The molecule has 0 atom stereocenters. The van der Waals surface area contributed by atoms with E-state index < -0.39 is 9.05 Å². The third-order valence-electron chi connectivity index (χ3n) is 1.28. The van der Waals surface area contributed by atoms with Gasteiger partial charge in [-0.05, 0) is 27.7 Å². The van der Waals surface area contributed by atoms with Gasteiger partial charge >= 0.3 is 9.05 Å². The molecule has 0 heterocycles. The lowest BCUT2D eigenvalue weighted by molar-refractivity contribution is -0.0247. The summed E-state index contributed by atoms with van der Waals surface area (Å²) in [7, 11) is -2.80. The van der Waals surface area contributed by atoms with E-state index in [2.05, 4.69) is 0 Å².